The van der Waals surface area contributed by atoms with Crippen molar-refractivity contribution in [2.45, 2.75) is 19.9 Å². The second kappa shape index (κ2) is 8.03. The summed E-state index contributed by atoms with van der Waals surface area (Å²) in [4.78, 5) is 32.5. The smallest absolute Gasteiger partial charge is 0.338 e. The molecule has 1 unspecified atom stereocenters. The van der Waals surface area contributed by atoms with Gasteiger partial charge in [0.05, 0.1) is 22.4 Å². The monoisotopic (exact) mass is 463 g/mol. The van der Waals surface area contributed by atoms with Crippen molar-refractivity contribution in [1.29, 1.82) is 0 Å². The first-order chi connectivity index (χ1) is 15.5. The van der Waals surface area contributed by atoms with Gasteiger partial charge in [-0.05, 0) is 37.4 Å². The maximum atomic E-state index is 13.6. The summed E-state index contributed by atoms with van der Waals surface area (Å²) in [6.45, 7) is 3.83. The molecule has 0 fully saturated rings. The van der Waals surface area contributed by atoms with Crippen LogP contribution in [0.5, 0.6) is 0 Å². The minimum absolute atomic E-state index is 0.158. The predicted molar refractivity (Wildman–Crippen MR) is 128 cm³/mol. The van der Waals surface area contributed by atoms with Crippen molar-refractivity contribution in [3.63, 3.8) is 0 Å². The fraction of sp³-hybridized carbons (Fsp3) is 0.208. The first-order valence-electron chi connectivity index (χ1n) is 10.3. The van der Waals surface area contributed by atoms with Crippen LogP contribution >= 0.6 is 22.7 Å². The molecule has 6 nitrogen and oxygen atoms in total. The van der Waals surface area contributed by atoms with Crippen LogP contribution < -0.4 is 14.9 Å². The molecular formula is C24H21N3O3S2. The number of aromatic nitrogens is 2. The maximum absolute atomic E-state index is 13.6. The zero-order chi connectivity index (χ0) is 22.4. The van der Waals surface area contributed by atoms with Gasteiger partial charge in [-0.3, -0.25) is 9.36 Å². The average Bonchev–Trinajstić information content (AvgIpc) is 3.48. The number of benzene rings is 1. The largest absolute Gasteiger partial charge is 0.463 e. The first kappa shape index (κ1) is 20.7. The molecule has 0 N–H and O–H groups in total. The van der Waals surface area contributed by atoms with Crippen molar-refractivity contribution in [1.82, 2.24) is 9.13 Å². The molecule has 32 heavy (non-hydrogen) atoms. The molecule has 162 valence electrons. The molecule has 0 saturated heterocycles. The highest BCUT2D eigenvalue weighted by molar-refractivity contribution is 7.10. The number of carbonyl (C=O) groups is 1. The minimum atomic E-state index is -0.542. The zero-order valence-electron chi connectivity index (χ0n) is 17.9. The summed E-state index contributed by atoms with van der Waals surface area (Å²) in [7, 11) is 1.99. The van der Waals surface area contributed by atoms with Gasteiger partial charge >= 0.3 is 5.97 Å². The van der Waals surface area contributed by atoms with Gasteiger partial charge in [0.1, 0.15) is 6.04 Å². The topological polar surface area (TPSA) is 65.6 Å². The number of allylic oxidation sites excluding steroid dienone is 1. The second-order valence-electron chi connectivity index (χ2n) is 7.53. The summed E-state index contributed by atoms with van der Waals surface area (Å²) in [6, 6.07) is 11.4. The van der Waals surface area contributed by atoms with Gasteiger partial charge in [-0.2, -0.15) is 0 Å². The molecule has 3 aromatic heterocycles. The Morgan fingerprint density at radius 3 is 2.81 bits per heavy atom. The average molecular weight is 464 g/mol. The number of carbonyl (C=O) groups excluding carboxylic acids is 1. The van der Waals surface area contributed by atoms with Gasteiger partial charge in [0, 0.05) is 34.6 Å². The highest BCUT2D eigenvalue weighted by Crippen LogP contribution is 2.33. The molecule has 0 spiro atoms. The van der Waals surface area contributed by atoms with E-state index < -0.39 is 12.0 Å². The lowest BCUT2D eigenvalue weighted by molar-refractivity contribution is -0.139. The van der Waals surface area contributed by atoms with Crippen LogP contribution in [0.3, 0.4) is 0 Å². The minimum Gasteiger partial charge on any atom is -0.463 e. The Bertz CT molecular complexity index is 1550. The van der Waals surface area contributed by atoms with Crippen molar-refractivity contribution in [3.8, 4) is 0 Å². The van der Waals surface area contributed by atoms with Crippen molar-refractivity contribution >= 4 is 45.6 Å². The molecule has 0 radical (unpaired) electrons. The van der Waals surface area contributed by atoms with E-state index >= 15 is 0 Å². The van der Waals surface area contributed by atoms with E-state index in [1.165, 1.54) is 22.7 Å². The van der Waals surface area contributed by atoms with Crippen molar-refractivity contribution in [2.24, 2.45) is 12.0 Å². The number of ether oxygens (including phenoxy) is 1. The fourth-order valence-electron chi connectivity index (χ4n) is 4.14. The summed E-state index contributed by atoms with van der Waals surface area (Å²) in [5, 5.41) is 3.03. The quantitative estimate of drug-likeness (QED) is 0.436. The molecule has 4 heterocycles. The van der Waals surface area contributed by atoms with Crippen LogP contribution in [-0.2, 0) is 16.6 Å². The van der Waals surface area contributed by atoms with E-state index in [1.54, 1.807) is 18.4 Å². The third-order valence-electron chi connectivity index (χ3n) is 5.54. The van der Waals surface area contributed by atoms with Crippen LogP contribution in [0.15, 0.2) is 69.0 Å². The van der Waals surface area contributed by atoms with E-state index in [0.29, 0.717) is 20.6 Å². The van der Waals surface area contributed by atoms with Crippen LogP contribution in [0.25, 0.3) is 17.0 Å². The fourth-order valence-corrected chi connectivity index (χ4v) is 6.00. The van der Waals surface area contributed by atoms with Gasteiger partial charge in [-0.25, -0.2) is 9.79 Å². The lowest BCUT2D eigenvalue weighted by atomic mass is 10.0. The van der Waals surface area contributed by atoms with E-state index in [-0.39, 0.29) is 12.2 Å². The van der Waals surface area contributed by atoms with Crippen molar-refractivity contribution in [3.05, 3.63) is 89.4 Å². The van der Waals surface area contributed by atoms with E-state index in [1.807, 2.05) is 49.0 Å². The molecule has 1 aromatic carbocycles. The molecule has 1 aliphatic rings. The number of hydrogen-bond acceptors (Lipinski definition) is 6. The SMILES string of the molecule is CCOC(=O)C1=C(C)N=c2s/c(=C/c3cn(C)c4ccccc34)c(=O)n2C1c1cccs1. The Hall–Kier alpha value is -3.23. The first-order valence-corrected chi connectivity index (χ1v) is 12.0. The molecule has 0 amide bonds. The number of thiophene rings is 1. The number of para-hydroxylation sites is 1. The Morgan fingerprint density at radius 1 is 1.25 bits per heavy atom. The molecule has 5 rings (SSSR count). The highest BCUT2D eigenvalue weighted by atomic mass is 32.1. The zero-order valence-corrected chi connectivity index (χ0v) is 19.5. The van der Waals surface area contributed by atoms with Crippen LogP contribution in [0, 0.1) is 0 Å². The molecule has 0 aliphatic carbocycles. The lowest BCUT2D eigenvalue weighted by Gasteiger charge is -2.23. The number of aryl methyl sites for hydroxylation is 1. The summed E-state index contributed by atoms with van der Waals surface area (Å²) in [5.74, 6) is -0.435. The van der Waals surface area contributed by atoms with Gasteiger partial charge in [0.15, 0.2) is 4.80 Å². The van der Waals surface area contributed by atoms with Gasteiger partial charge in [-0.1, -0.05) is 35.6 Å². The van der Waals surface area contributed by atoms with Crippen molar-refractivity contribution in [2.75, 3.05) is 6.61 Å². The molecule has 4 aromatic rings. The Balaban J connectivity index is 1.74. The third kappa shape index (κ3) is 3.27. The third-order valence-corrected chi connectivity index (χ3v) is 7.45. The molecular weight excluding hydrogens is 442 g/mol. The maximum Gasteiger partial charge on any atom is 0.338 e. The van der Waals surface area contributed by atoms with Gasteiger partial charge < -0.3 is 9.30 Å². The Kier molecular flexibility index (Phi) is 5.19. The van der Waals surface area contributed by atoms with E-state index in [4.69, 9.17) is 4.74 Å². The van der Waals surface area contributed by atoms with Gasteiger partial charge in [0.25, 0.3) is 5.56 Å². The molecule has 1 aliphatic heterocycles. The number of nitrogens with zero attached hydrogens (tertiary/aromatic N) is 3. The number of fused-ring (bicyclic) bond motifs is 2. The Morgan fingerprint density at radius 2 is 2.06 bits per heavy atom. The number of hydrogen-bond donors (Lipinski definition) is 0. The number of thiazole rings is 1. The molecule has 8 heteroatoms. The highest BCUT2D eigenvalue weighted by Gasteiger charge is 2.33. The summed E-state index contributed by atoms with van der Waals surface area (Å²) >= 11 is 2.85. The van der Waals surface area contributed by atoms with Gasteiger partial charge in [0.2, 0.25) is 0 Å². The number of esters is 1. The summed E-state index contributed by atoms with van der Waals surface area (Å²) in [5.41, 5.74) is 2.92. The van der Waals surface area contributed by atoms with Crippen LogP contribution in [0.1, 0.15) is 30.3 Å². The summed E-state index contributed by atoms with van der Waals surface area (Å²) in [6.07, 6.45) is 3.94. The van der Waals surface area contributed by atoms with E-state index in [9.17, 15) is 9.59 Å². The van der Waals surface area contributed by atoms with E-state index in [2.05, 4.69) is 21.7 Å². The Labute approximate surface area is 192 Å². The summed E-state index contributed by atoms with van der Waals surface area (Å²) < 4.78 is 9.58. The predicted octanol–water partition coefficient (Wildman–Crippen LogP) is 3.35. The van der Waals surface area contributed by atoms with Crippen LogP contribution in [0.2, 0.25) is 0 Å². The second-order valence-corrected chi connectivity index (χ2v) is 9.52. The van der Waals surface area contributed by atoms with Crippen molar-refractivity contribution < 1.29 is 9.53 Å². The normalized spacial score (nSPS) is 16.3. The lowest BCUT2D eigenvalue weighted by Crippen LogP contribution is -2.39. The van der Waals surface area contributed by atoms with Crippen LogP contribution in [0.4, 0.5) is 0 Å². The van der Waals surface area contributed by atoms with E-state index in [0.717, 1.165) is 21.3 Å². The molecule has 1 atom stereocenters. The van der Waals surface area contributed by atoms with Gasteiger partial charge in [-0.15, -0.1) is 11.3 Å². The number of rotatable bonds is 4. The standard InChI is InChI=1S/C24H21N3O3S2/c1-4-30-23(29)20-14(2)25-24-27(21(20)18-10-7-11-31-18)22(28)19(32-24)12-15-13-26(3)17-9-6-5-8-16(15)17/h5-13,21H,4H2,1-3H3/b19-12+. The molecule has 0 saturated carbocycles. The van der Waals surface area contributed by atoms with Crippen LogP contribution in [-0.4, -0.2) is 21.7 Å². The molecule has 0 bridgehead atoms.